The molecule has 0 spiro atoms. The van der Waals surface area contributed by atoms with Crippen LogP contribution in [0.2, 0.25) is 51.4 Å². The molecule has 0 radical (unpaired) electrons. The highest BCUT2D eigenvalue weighted by Crippen LogP contribution is 2.44. The molecule has 4 aromatic rings. The number of sulfonamides is 1. The molecule has 0 aliphatic rings. The number of nitriles is 1. The third kappa shape index (κ3) is 8.82. The molecule has 3 aromatic heterocycles. The van der Waals surface area contributed by atoms with Crippen molar-refractivity contribution < 1.29 is 22.7 Å². The number of benzene rings is 1. The number of aromatic nitrogens is 4. The summed E-state index contributed by atoms with van der Waals surface area (Å²) in [5.41, 5.74) is 2.29. The van der Waals surface area contributed by atoms with E-state index in [-0.39, 0.29) is 12.5 Å². The molecule has 0 bridgehead atoms. The standard InChI is InChI=1S/C37H56N6O5SSi2/c1-14-28-21-26(2)32-29(15-16-42(32)35(44)48-36(3,4)5)31(28)37(6,41(7)49(45,46)18-20-51(11,12)13)34-40-30-22-27(23-38)24-39-33(30)43(34)25-47-17-19-50(8,9)10/h15-16,21-22,24H,14,17-20,25H2,1-13H3. The summed E-state index contributed by atoms with van der Waals surface area (Å²) in [6.45, 7) is 25.3. The quantitative estimate of drug-likeness (QED) is 0.0989. The number of hydrogen-bond acceptors (Lipinski definition) is 8. The van der Waals surface area contributed by atoms with Crippen LogP contribution < -0.4 is 0 Å². The minimum absolute atomic E-state index is 0.0199. The van der Waals surface area contributed by atoms with Gasteiger partial charge < -0.3 is 9.47 Å². The Morgan fingerprint density at radius 1 is 1.06 bits per heavy atom. The number of carbonyl (C=O) groups excluding carboxylic acids is 1. The molecule has 0 N–H and O–H groups in total. The van der Waals surface area contributed by atoms with E-state index in [9.17, 15) is 18.5 Å². The lowest BCUT2D eigenvalue weighted by Gasteiger charge is -2.40. The number of pyridine rings is 1. The Hall–Kier alpha value is -3.36. The molecule has 278 valence electrons. The van der Waals surface area contributed by atoms with E-state index < -0.39 is 43.4 Å². The second-order valence-corrected chi connectivity index (χ2v) is 30.4. The fourth-order valence-electron chi connectivity index (χ4n) is 6.29. The van der Waals surface area contributed by atoms with Gasteiger partial charge in [0.25, 0.3) is 0 Å². The summed E-state index contributed by atoms with van der Waals surface area (Å²) in [7, 11) is -5.43. The number of aryl methyl sites for hydroxylation is 2. The molecule has 0 saturated heterocycles. The molecule has 1 unspecified atom stereocenters. The largest absolute Gasteiger partial charge is 0.443 e. The number of rotatable bonds is 13. The van der Waals surface area contributed by atoms with E-state index in [0.29, 0.717) is 52.7 Å². The van der Waals surface area contributed by atoms with Gasteiger partial charge in [-0.2, -0.15) is 9.57 Å². The predicted octanol–water partition coefficient (Wildman–Crippen LogP) is 8.09. The number of ether oxygens (including phenoxy) is 2. The first-order valence-electron chi connectivity index (χ1n) is 17.6. The van der Waals surface area contributed by atoms with Crippen LogP contribution in [0.1, 0.15) is 62.7 Å². The highest BCUT2D eigenvalue weighted by Gasteiger charge is 2.47. The molecule has 14 heteroatoms. The number of hydrogen-bond donors (Lipinski definition) is 0. The second-order valence-electron chi connectivity index (χ2n) is 17.1. The van der Waals surface area contributed by atoms with Crippen LogP contribution in [-0.2, 0) is 38.2 Å². The monoisotopic (exact) mass is 752 g/mol. The smallest absolute Gasteiger partial charge is 0.418 e. The van der Waals surface area contributed by atoms with Crippen molar-refractivity contribution >= 4 is 54.3 Å². The van der Waals surface area contributed by atoms with Gasteiger partial charge in [0, 0.05) is 47.6 Å². The van der Waals surface area contributed by atoms with Gasteiger partial charge in [-0.05, 0) is 82.0 Å². The summed E-state index contributed by atoms with van der Waals surface area (Å²) in [6, 6.07) is 9.25. The van der Waals surface area contributed by atoms with E-state index in [4.69, 9.17) is 14.5 Å². The lowest BCUT2D eigenvalue weighted by Crippen LogP contribution is -2.49. The Kier molecular flexibility index (Phi) is 11.6. The fraction of sp³-hybridized carbons (Fsp3) is 0.568. The van der Waals surface area contributed by atoms with Crippen LogP contribution in [0.15, 0.2) is 30.6 Å². The van der Waals surface area contributed by atoms with Crippen molar-refractivity contribution in [2.45, 2.75) is 117 Å². The van der Waals surface area contributed by atoms with Crippen LogP contribution in [0, 0.1) is 18.3 Å². The van der Waals surface area contributed by atoms with Crippen molar-refractivity contribution in [3.63, 3.8) is 0 Å². The van der Waals surface area contributed by atoms with Crippen molar-refractivity contribution in [2.75, 3.05) is 19.4 Å². The average Bonchev–Trinajstić information content (AvgIpc) is 3.62. The summed E-state index contributed by atoms with van der Waals surface area (Å²) < 4.78 is 46.1. The SMILES string of the molecule is CCc1cc(C)c2c(ccn2C(=O)OC(C)(C)C)c1C(C)(c1nc2cc(C#N)cnc2n1COCC[Si](C)(C)C)N(C)S(=O)(=O)CC[Si](C)(C)C. The van der Waals surface area contributed by atoms with E-state index in [1.165, 1.54) is 15.1 Å². The number of fused-ring (bicyclic) bond motifs is 2. The summed E-state index contributed by atoms with van der Waals surface area (Å²) in [6.07, 6.45) is 3.26. The summed E-state index contributed by atoms with van der Waals surface area (Å²) >= 11 is 0. The van der Waals surface area contributed by atoms with Crippen molar-refractivity contribution in [3.8, 4) is 6.07 Å². The van der Waals surface area contributed by atoms with E-state index >= 15 is 0 Å². The minimum Gasteiger partial charge on any atom is -0.443 e. The molecular formula is C37H56N6O5SSi2. The molecule has 3 heterocycles. The van der Waals surface area contributed by atoms with Gasteiger partial charge in [-0.1, -0.05) is 52.3 Å². The first kappa shape index (κ1) is 40.4. The van der Waals surface area contributed by atoms with Crippen molar-refractivity contribution in [3.05, 3.63) is 58.7 Å². The first-order valence-corrected chi connectivity index (χ1v) is 26.6. The van der Waals surface area contributed by atoms with E-state index in [0.717, 1.165) is 22.6 Å². The average molecular weight is 753 g/mol. The predicted molar refractivity (Wildman–Crippen MR) is 210 cm³/mol. The van der Waals surface area contributed by atoms with Crippen molar-refractivity contribution in [1.82, 2.24) is 23.4 Å². The first-order chi connectivity index (χ1) is 23.4. The zero-order valence-electron chi connectivity index (χ0n) is 32.8. The third-order valence-electron chi connectivity index (χ3n) is 9.22. The van der Waals surface area contributed by atoms with Gasteiger partial charge in [0.15, 0.2) is 5.65 Å². The van der Waals surface area contributed by atoms with Crippen LogP contribution in [0.25, 0.3) is 22.1 Å². The van der Waals surface area contributed by atoms with Crippen LogP contribution in [0.5, 0.6) is 0 Å². The normalized spacial score (nSPS) is 14.3. The molecule has 51 heavy (non-hydrogen) atoms. The van der Waals surface area contributed by atoms with Gasteiger partial charge in [0.2, 0.25) is 10.0 Å². The van der Waals surface area contributed by atoms with Gasteiger partial charge in [-0.3, -0.25) is 9.13 Å². The van der Waals surface area contributed by atoms with Crippen LogP contribution in [0.3, 0.4) is 0 Å². The van der Waals surface area contributed by atoms with Crippen molar-refractivity contribution in [1.29, 1.82) is 5.26 Å². The molecule has 0 aliphatic heterocycles. The van der Waals surface area contributed by atoms with Crippen LogP contribution in [-0.4, -0.2) is 79.1 Å². The molecule has 0 fully saturated rings. The molecular weight excluding hydrogens is 697 g/mol. The van der Waals surface area contributed by atoms with E-state index in [1.807, 2.05) is 58.2 Å². The molecule has 1 atom stereocenters. The molecule has 0 amide bonds. The molecule has 0 aliphatic carbocycles. The number of carbonyl (C=O) groups is 1. The Morgan fingerprint density at radius 3 is 2.27 bits per heavy atom. The Balaban J connectivity index is 2.11. The van der Waals surface area contributed by atoms with Crippen LogP contribution in [0.4, 0.5) is 4.79 Å². The lowest BCUT2D eigenvalue weighted by molar-refractivity contribution is 0.0544. The van der Waals surface area contributed by atoms with Gasteiger partial charge in [0.05, 0.1) is 16.8 Å². The highest BCUT2D eigenvalue weighted by molar-refractivity contribution is 7.89. The summed E-state index contributed by atoms with van der Waals surface area (Å²) in [5.74, 6) is 0.394. The van der Waals surface area contributed by atoms with Gasteiger partial charge in [-0.25, -0.2) is 23.2 Å². The zero-order chi connectivity index (χ0) is 38.3. The maximum absolute atomic E-state index is 14.6. The number of nitrogens with zero attached hydrogens (tertiary/aromatic N) is 6. The lowest BCUT2D eigenvalue weighted by atomic mass is 9.83. The summed E-state index contributed by atoms with van der Waals surface area (Å²) in [5, 5.41) is 10.5. The number of imidazole rings is 1. The zero-order valence-corrected chi connectivity index (χ0v) is 35.6. The van der Waals surface area contributed by atoms with Crippen molar-refractivity contribution in [2.24, 2.45) is 0 Å². The Morgan fingerprint density at radius 2 is 1.71 bits per heavy atom. The maximum Gasteiger partial charge on any atom is 0.418 e. The van der Waals surface area contributed by atoms with Gasteiger partial charge >= 0.3 is 6.09 Å². The fourth-order valence-corrected chi connectivity index (χ4v) is 11.5. The second kappa shape index (κ2) is 14.6. The highest BCUT2D eigenvalue weighted by atomic mass is 32.2. The Labute approximate surface area is 306 Å². The van der Waals surface area contributed by atoms with E-state index in [1.54, 1.807) is 19.3 Å². The molecule has 4 rings (SSSR count). The summed E-state index contributed by atoms with van der Waals surface area (Å²) in [4.78, 5) is 23.3. The van der Waals surface area contributed by atoms with Crippen LogP contribution >= 0.6 is 0 Å². The topological polar surface area (TPSA) is 132 Å². The molecule has 0 saturated carbocycles. The minimum atomic E-state index is -3.89. The van der Waals surface area contributed by atoms with Gasteiger partial charge in [0.1, 0.15) is 35.3 Å². The third-order valence-corrected chi connectivity index (χ3v) is 15.0. The Bertz CT molecular complexity index is 2080. The molecule has 1 aromatic carbocycles. The van der Waals surface area contributed by atoms with E-state index in [2.05, 4.69) is 50.3 Å². The van der Waals surface area contributed by atoms with Gasteiger partial charge in [-0.15, -0.1) is 0 Å². The maximum atomic E-state index is 14.6. The molecule has 11 nitrogen and oxygen atoms in total.